The summed E-state index contributed by atoms with van der Waals surface area (Å²) in [5.74, 6) is -0.507. The van der Waals surface area contributed by atoms with Gasteiger partial charge in [-0.2, -0.15) is 0 Å². The first-order valence-electron chi connectivity index (χ1n) is 3.12. The quantitative estimate of drug-likeness (QED) is 0.546. The summed E-state index contributed by atoms with van der Waals surface area (Å²) in [5.41, 5.74) is 6.51. The van der Waals surface area contributed by atoms with Crippen LogP contribution < -0.4 is 5.73 Å². The highest BCUT2D eigenvalue weighted by molar-refractivity contribution is 5.72. The minimum atomic E-state index is -0.507. The van der Waals surface area contributed by atoms with Gasteiger partial charge in [0.05, 0.1) is 0 Å². The highest BCUT2D eigenvalue weighted by Crippen LogP contribution is 1.97. The van der Waals surface area contributed by atoms with Crippen molar-refractivity contribution in [1.29, 1.82) is 0 Å². The molecule has 1 amide bonds. The van der Waals surface area contributed by atoms with E-state index in [-0.39, 0.29) is 6.61 Å². The second-order valence-corrected chi connectivity index (χ2v) is 1.96. The third kappa shape index (κ3) is 7.43. The fraction of sp³-hybridized carbons (Fsp3) is 0.833. The predicted octanol–water partition coefficient (Wildman–Crippen LogP) is 0.349. The molecule has 0 saturated heterocycles. The molecule has 0 heterocycles. The Hall–Kier alpha value is -0.570. The molecule has 0 fully saturated rings. The minimum absolute atomic E-state index is 0.187. The normalized spacial score (nSPS) is 9.44. The van der Waals surface area contributed by atoms with Crippen LogP contribution in [0.15, 0.2) is 0 Å². The predicted molar refractivity (Wildman–Crippen MR) is 33.7 cm³/mol. The van der Waals surface area contributed by atoms with Crippen LogP contribution in [0.3, 0.4) is 0 Å². The van der Waals surface area contributed by atoms with Crippen LogP contribution in [0.25, 0.3) is 0 Å². The average Bonchev–Trinajstić information content (AvgIpc) is 1.80. The van der Waals surface area contributed by atoms with Gasteiger partial charge in [0.25, 0.3) is 0 Å². The van der Waals surface area contributed by atoms with Gasteiger partial charge >= 0.3 is 0 Å². The van der Waals surface area contributed by atoms with E-state index < -0.39 is 5.91 Å². The van der Waals surface area contributed by atoms with Gasteiger partial charge < -0.3 is 5.11 Å². The first kappa shape index (κ1) is 8.43. The molecule has 3 nitrogen and oxygen atoms in total. The standard InChI is InChI=1S/C6H12NO2/c7-6(9)4-2-1-3-5-8/h7-8H,1-5H2. The van der Waals surface area contributed by atoms with Crippen LogP contribution in [0.4, 0.5) is 0 Å². The number of rotatable bonds is 5. The second kappa shape index (κ2) is 5.56. The van der Waals surface area contributed by atoms with Crippen LogP contribution in [-0.2, 0) is 4.79 Å². The SMILES string of the molecule is [NH]C(=O)CCCCCO. The number of carbonyl (C=O) groups is 1. The fourth-order valence-electron chi connectivity index (χ4n) is 0.574. The van der Waals surface area contributed by atoms with Crippen molar-refractivity contribution in [2.45, 2.75) is 25.7 Å². The summed E-state index contributed by atoms with van der Waals surface area (Å²) in [4.78, 5) is 10.0. The minimum Gasteiger partial charge on any atom is -0.396 e. The zero-order valence-corrected chi connectivity index (χ0v) is 5.39. The highest BCUT2D eigenvalue weighted by atomic mass is 16.2. The van der Waals surface area contributed by atoms with E-state index in [1.54, 1.807) is 0 Å². The molecule has 0 unspecified atom stereocenters. The Morgan fingerprint density at radius 1 is 1.33 bits per heavy atom. The van der Waals surface area contributed by atoms with Gasteiger partial charge in [-0.3, -0.25) is 10.5 Å². The topological polar surface area (TPSA) is 61.1 Å². The molecule has 0 rings (SSSR count). The molecule has 0 aliphatic rings. The summed E-state index contributed by atoms with van der Waals surface area (Å²) < 4.78 is 0. The van der Waals surface area contributed by atoms with Crippen LogP contribution in [0.5, 0.6) is 0 Å². The van der Waals surface area contributed by atoms with E-state index in [9.17, 15) is 4.79 Å². The van der Waals surface area contributed by atoms with Crippen LogP contribution in [-0.4, -0.2) is 17.6 Å². The highest BCUT2D eigenvalue weighted by Gasteiger charge is 1.93. The molecule has 0 aromatic rings. The largest absolute Gasteiger partial charge is 0.396 e. The number of hydrogen-bond donors (Lipinski definition) is 1. The molecular formula is C6H12NO2. The molecule has 0 aromatic carbocycles. The van der Waals surface area contributed by atoms with E-state index in [0.29, 0.717) is 6.42 Å². The van der Waals surface area contributed by atoms with Crippen molar-refractivity contribution in [3.8, 4) is 0 Å². The van der Waals surface area contributed by atoms with Gasteiger partial charge in [0.2, 0.25) is 5.91 Å². The Balaban J connectivity index is 2.83. The number of hydrogen-bond acceptors (Lipinski definition) is 2. The van der Waals surface area contributed by atoms with E-state index >= 15 is 0 Å². The Morgan fingerprint density at radius 3 is 2.44 bits per heavy atom. The van der Waals surface area contributed by atoms with Gasteiger partial charge in [0, 0.05) is 13.0 Å². The van der Waals surface area contributed by atoms with Gasteiger partial charge in [-0.05, 0) is 12.8 Å². The smallest absolute Gasteiger partial charge is 0.238 e. The van der Waals surface area contributed by atoms with Gasteiger partial charge in [-0.15, -0.1) is 0 Å². The van der Waals surface area contributed by atoms with Crippen molar-refractivity contribution in [2.24, 2.45) is 0 Å². The van der Waals surface area contributed by atoms with Gasteiger partial charge in [0.1, 0.15) is 0 Å². The molecule has 0 aliphatic heterocycles. The molecule has 1 radical (unpaired) electrons. The first-order valence-corrected chi connectivity index (χ1v) is 3.12. The molecule has 0 bridgehead atoms. The van der Waals surface area contributed by atoms with E-state index in [4.69, 9.17) is 10.8 Å². The van der Waals surface area contributed by atoms with Crippen LogP contribution in [0.2, 0.25) is 0 Å². The van der Waals surface area contributed by atoms with Crippen LogP contribution in [0.1, 0.15) is 25.7 Å². The van der Waals surface area contributed by atoms with Crippen molar-refractivity contribution in [3.63, 3.8) is 0 Å². The summed E-state index contributed by atoms with van der Waals surface area (Å²) in [6.45, 7) is 0.187. The number of aliphatic hydroxyl groups is 1. The van der Waals surface area contributed by atoms with E-state index in [0.717, 1.165) is 19.3 Å². The Kier molecular flexibility index (Phi) is 5.21. The molecule has 0 atom stereocenters. The van der Waals surface area contributed by atoms with Crippen LogP contribution in [0, 0.1) is 0 Å². The zero-order valence-electron chi connectivity index (χ0n) is 5.39. The zero-order chi connectivity index (χ0) is 7.11. The molecule has 0 saturated carbocycles. The molecule has 0 aromatic heterocycles. The molecule has 0 aliphatic carbocycles. The fourth-order valence-corrected chi connectivity index (χ4v) is 0.574. The lowest BCUT2D eigenvalue weighted by Crippen LogP contribution is -1.96. The van der Waals surface area contributed by atoms with E-state index in [2.05, 4.69) is 0 Å². The third-order valence-electron chi connectivity index (χ3n) is 1.06. The second-order valence-electron chi connectivity index (χ2n) is 1.96. The lowest BCUT2D eigenvalue weighted by Gasteiger charge is -1.92. The summed E-state index contributed by atoms with van der Waals surface area (Å²) >= 11 is 0. The van der Waals surface area contributed by atoms with Crippen molar-refractivity contribution in [3.05, 3.63) is 0 Å². The van der Waals surface area contributed by atoms with E-state index in [1.807, 2.05) is 0 Å². The maximum atomic E-state index is 10.0. The molecular weight excluding hydrogens is 118 g/mol. The van der Waals surface area contributed by atoms with E-state index in [1.165, 1.54) is 0 Å². The number of nitrogens with one attached hydrogen (secondary N) is 1. The van der Waals surface area contributed by atoms with Crippen molar-refractivity contribution < 1.29 is 9.90 Å². The van der Waals surface area contributed by atoms with Crippen molar-refractivity contribution in [2.75, 3.05) is 6.61 Å². The number of carbonyl (C=O) groups excluding carboxylic acids is 1. The maximum absolute atomic E-state index is 10.0. The first-order chi connectivity index (χ1) is 4.27. The summed E-state index contributed by atoms with van der Waals surface area (Å²) in [6, 6.07) is 0. The lowest BCUT2D eigenvalue weighted by molar-refractivity contribution is -0.118. The molecule has 3 heteroatoms. The number of aliphatic hydroxyl groups excluding tert-OH is 1. The monoisotopic (exact) mass is 130 g/mol. The third-order valence-corrected chi connectivity index (χ3v) is 1.06. The summed E-state index contributed by atoms with van der Waals surface area (Å²) in [5, 5.41) is 8.30. The average molecular weight is 130 g/mol. The van der Waals surface area contributed by atoms with Crippen LogP contribution >= 0.6 is 0 Å². The Labute approximate surface area is 54.9 Å². The summed E-state index contributed by atoms with van der Waals surface area (Å²) in [6.07, 6.45) is 2.66. The number of amides is 1. The Morgan fingerprint density at radius 2 is 2.00 bits per heavy atom. The number of unbranched alkanes of at least 4 members (excludes halogenated alkanes) is 2. The summed E-state index contributed by atoms with van der Waals surface area (Å²) in [7, 11) is 0. The molecule has 2 N–H and O–H groups in total. The van der Waals surface area contributed by atoms with Crippen molar-refractivity contribution >= 4 is 5.91 Å². The molecule has 53 valence electrons. The van der Waals surface area contributed by atoms with Gasteiger partial charge in [-0.25, -0.2) is 0 Å². The lowest BCUT2D eigenvalue weighted by atomic mass is 10.2. The molecule has 9 heavy (non-hydrogen) atoms. The molecule has 0 spiro atoms. The maximum Gasteiger partial charge on any atom is 0.238 e. The Bertz CT molecular complexity index is 83.1. The van der Waals surface area contributed by atoms with Gasteiger partial charge in [0.15, 0.2) is 0 Å². The van der Waals surface area contributed by atoms with Gasteiger partial charge in [-0.1, -0.05) is 6.42 Å². The van der Waals surface area contributed by atoms with Crippen molar-refractivity contribution in [1.82, 2.24) is 5.73 Å².